The van der Waals surface area contributed by atoms with Gasteiger partial charge in [0.15, 0.2) is 0 Å². The predicted octanol–water partition coefficient (Wildman–Crippen LogP) is 2.80. The molecule has 2 saturated heterocycles. The van der Waals surface area contributed by atoms with Crippen molar-refractivity contribution < 1.29 is 23.5 Å². The first kappa shape index (κ1) is 18.0. The van der Waals surface area contributed by atoms with Crippen LogP contribution in [0.1, 0.15) is 36.2 Å². The fourth-order valence-corrected chi connectivity index (χ4v) is 3.60. The first-order chi connectivity index (χ1) is 13.2. The van der Waals surface area contributed by atoms with E-state index in [2.05, 4.69) is 5.32 Å². The van der Waals surface area contributed by atoms with Crippen LogP contribution in [0.25, 0.3) is 11.0 Å². The van der Waals surface area contributed by atoms with Gasteiger partial charge in [0.05, 0.1) is 19.3 Å². The Hall–Kier alpha value is -2.38. The first-order valence-corrected chi connectivity index (χ1v) is 9.52. The highest BCUT2D eigenvalue weighted by Crippen LogP contribution is 2.32. The quantitative estimate of drug-likeness (QED) is 0.873. The number of furan rings is 1. The number of anilines is 1. The highest BCUT2D eigenvalue weighted by Gasteiger charge is 2.27. The average molecular weight is 372 g/mol. The molecular formula is C20H24N2O5. The van der Waals surface area contributed by atoms with E-state index >= 15 is 0 Å². The number of rotatable bonds is 5. The maximum atomic E-state index is 12.9. The van der Waals surface area contributed by atoms with Crippen LogP contribution in [0.3, 0.4) is 0 Å². The zero-order valence-electron chi connectivity index (χ0n) is 15.2. The van der Waals surface area contributed by atoms with Crippen LogP contribution in [0.5, 0.6) is 0 Å². The lowest BCUT2D eigenvalue weighted by atomic mass is 10.1. The van der Waals surface area contributed by atoms with Crippen LogP contribution in [0, 0.1) is 0 Å². The Balaban J connectivity index is 1.54. The van der Waals surface area contributed by atoms with Crippen molar-refractivity contribution in [1.82, 2.24) is 4.90 Å². The lowest BCUT2D eigenvalue weighted by Crippen LogP contribution is -2.40. The molecule has 1 aromatic heterocycles. The Labute approximate surface area is 157 Å². The van der Waals surface area contributed by atoms with Crippen LogP contribution < -0.4 is 5.32 Å². The molecule has 7 heteroatoms. The number of fused-ring (bicyclic) bond motifs is 1. The molecule has 27 heavy (non-hydrogen) atoms. The number of hydrogen-bond donors (Lipinski definition) is 1. The number of carbonyl (C=O) groups excluding carboxylic acids is 2. The summed E-state index contributed by atoms with van der Waals surface area (Å²) in [6, 6.07) is 7.36. The molecule has 1 atom stereocenters. The van der Waals surface area contributed by atoms with E-state index < -0.39 is 0 Å². The molecule has 2 aromatic rings. The number of para-hydroxylation sites is 1. The Morgan fingerprint density at radius 3 is 2.74 bits per heavy atom. The summed E-state index contributed by atoms with van der Waals surface area (Å²) in [5.74, 6) is -0.166. The number of hydrogen-bond acceptors (Lipinski definition) is 5. The second-order valence-electron chi connectivity index (χ2n) is 6.93. The van der Waals surface area contributed by atoms with E-state index in [0.29, 0.717) is 50.4 Å². The number of morpholine rings is 1. The fourth-order valence-electron chi connectivity index (χ4n) is 3.60. The number of benzene rings is 1. The maximum absolute atomic E-state index is 12.9. The van der Waals surface area contributed by atoms with Gasteiger partial charge < -0.3 is 24.1 Å². The van der Waals surface area contributed by atoms with Crippen LogP contribution in [0.4, 0.5) is 5.69 Å². The van der Waals surface area contributed by atoms with Crippen molar-refractivity contribution in [3.8, 4) is 0 Å². The zero-order valence-corrected chi connectivity index (χ0v) is 15.2. The van der Waals surface area contributed by atoms with Crippen molar-refractivity contribution in [3.63, 3.8) is 0 Å². The molecule has 2 fully saturated rings. The summed E-state index contributed by atoms with van der Waals surface area (Å²) in [7, 11) is 0. The molecule has 144 valence electrons. The Morgan fingerprint density at radius 2 is 1.96 bits per heavy atom. The van der Waals surface area contributed by atoms with Gasteiger partial charge in [-0.3, -0.25) is 9.59 Å². The number of carbonyl (C=O) groups is 2. The summed E-state index contributed by atoms with van der Waals surface area (Å²) in [5, 5.41) is 3.65. The zero-order chi connectivity index (χ0) is 18.6. The van der Waals surface area contributed by atoms with E-state index in [0.717, 1.165) is 24.8 Å². The van der Waals surface area contributed by atoms with Crippen molar-refractivity contribution in [2.45, 2.75) is 31.8 Å². The van der Waals surface area contributed by atoms with Gasteiger partial charge in [-0.25, -0.2) is 0 Å². The molecule has 2 aliphatic heterocycles. The van der Waals surface area contributed by atoms with Gasteiger partial charge in [-0.15, -0.1) is 0 Å². The van der Waals surface area contributed by atoms with Crippen LogP contribution in [-0.2, 0) is 14.3 Å². The first-order valence-electron chi connectivity index (χ1n) is 9.52. The van der Waals surface area contributed by atoms with Crippen molar-refractivity contribution in [2.24, 2.45) is 0 Å². The van der Waals surface area contributed by atoms with Crippen molar-refractivity contribution in [1.29, 1.82) is 0 Å². The van der Waals surface area contributed by atoms with E-state index in [1.165, 1.54) is 0 Å². The molecular weight excluding hydrogens is 348 g/mol. The number of ether oxygens (including phenoxy) is 2. The third-order valence-corrected chi connectivity index (χ3v) is 5.07. The highest BCUT2D eigenvalue weighted by molar-refractivity contribution is 6.10. The Kier molecular flexibility index (Phi) is 5.40. The summed E-state index contributed by atoms with van der Waals surface area (Å²) in [5.41, 5.74) is 1.04. The molecule has 2 aliphatic rings. The van der Waals surface area contributed by atoms with Crippen LogP contribution in [0.15, 0.2) is 28.7 Å². The van der Waals surface area contributed by atoms with Gasteiger partial charge >= 0.3 is 0 Å². The van der Waals surface area contributed by atoms with Crippen molar-refractivity contribution >= 4 is 28.5 Å². The Morgan fingerprint density at radius 1 is 1.15 bits per heavy atom. The molecule has 0 bridgehead atoms. The predicted molar refractivity (Wildman–Crippen MR) is 99.8 cm³/mol. The van der Waals surface area contributed by atoms with E-state index in [1.54, 1.807) is 11.0 Å². The smallest absolute Gasteiger partial charge is 0.291 e. The number of nitrogens with one attached hydrogen (secondary N) is 1. The standard InChI is InChI=1S/C20H24N2O5/c23-17(8-7-14-4-3-11-26-14)21-18-15-5-1-2-6-16(15)27-19(18)20(24)22-9-12-25-13-10-22/h1-2,5-6,14H,3-4,7-13H2,(H,21,23)/t14-/m0/s1. The van der Waals surface area contributed by atoms with Crippen molar-refractivity contribution in [2.75, 3.05) is 38.2 Å². The molecule has 0 saturated carbocycles. The van der Waals surface area contributed by atoms with Gasteiger partial charge in [0.25, 0.3) is 5.91 Å². The van der Waals surface area contributed by atoms with Gasteiger partial charge in [0.2, 0.25) is 11.7 Å². The second-order valence-corrected chi connectivity index (χ2v) is 6.93. The van der Waals surface area contributed by atoms with Gasteiger partial charge in [-0.2, -0.15) is 0 Å². The molecule has 0 unspecified atom stereocenters. The summed E-state index contributed by atoms with van der Waals surface area (Å²) in [6.07, 6.45) is 3.26. The highest BCUT2D eigenvalue weighted by atomic mass is 16.5. The minimum atomic E-state index is -0.219. The largest absolute Gasteiger partial charge is 0.449 e. The minimum Gasteiger partial charge on any atom is -0.449 e. The fraction of sp³-hybridized carbons (Fsp3) is 0.500. The lowest BCUT2D eigenvalue weighted by molar-refractivity contribution is -0.116. The molecule has 0 radical (unpaired) electrons. The second kappa shape index (κ2) is 8.10. The molecule has 1 aromatic carbocycles. The summed E-state index contributed by atoms with van der Waals surface area (Å²) < 4.78 is 16.7. The average Bonchev–Trinajstić information content (AvgIpc) is 3.35. The molecule has 3 heterocycles. The summed E-state index contributed by atoms with van der Waals surface area (Å²) in [6.45, 7) is 2.82. The van der Waals surface area contributed by atoms with E-state index in [1.807, 2.05) is 18.2 Å². The maximum Gasteiger partial charge on any atom is 0.291 e. The van der Waals surface area contributed by atoms with Gasteiger partial charge in [0, 0.05) is 31.5 Å². The SMILES string of the molecule is O=C(CC[C@@H]1CCCO1)Nc1c(C(=O)N2CCOCC2)oc2ccccc12. The summed E-state index contributed by atoms with van der Waals surface area (Å²) >= 11 is 0. The van der Waals surface area contributed by atoms with Gasteiger partial charge in [-0.05, 0) is 31.4 Å². The lowest BCUT2D eigenvalue weighted by Gasteiger charge is -2.26. The number of nitrogens with zero attached hydrogens (tertiary/aromatic N) is 1. The van der Waals surface area contributed by atoms with E-state index in [9.17, 15) is 9.59 Å². The monoisotopic (exact) mass is 372 g/mol. The normalized spacial score (nSPS) is 20.1. The topological polar surface area (TPSA) is 81.0 Å². The van der Waals surface area contributed by atoms with Crippen LogP contribution in [0.2, 0.25) is 0 Å². The van der Waals surface area contributed by atoms with Gasteiger partial charge in [-0.1, -0.05) is 12.1 Å². The van der Waals surface area contributed by atoms with Crippen molar-refractivity contribution in [3.05, 3.63) is 30.0 Å². The third-order valence-electron chi connectivity index (χ3n) is 5.07. The summed E-state index contributed by atoms with van der Waals surface area (Å²) in [4.78, 5) is 27.2. The molecule has 1 N–H and O–H groups in total. The number of amides is 2. The van der Waals surface area contributed by atoms with E-state index in [4.69, 9.17) is 13.9 Å². The Bertz CT molecular complexity index is 819. The van der Waals surface area contributed by atoms with E-state index in [-0.39, 0.29) is 23.7 Å². The van der Waals surface area contributed by atoms with Crippen LogP contribution in [-0.4, -0.2) is 55.7 Å². The molecule has 2 amide bonds. The molecule has 4 rings (SSSR count). The molecule has 0 aliphatic carbocycles. The van der Waals surface area contributed by atoms with Crippen LogP contribution >= 0.6 is 0 Å². The molecule has 7 nitrogen and oxygen atoms in total. The molecule has 0 spiro atoms. The van der Waals surface area contributed by atoms with Gasteiger partial charge in [0.1, 0.15) is 11.3 Å². The minimum absolute atomic E-state index is 0.131. The third kappa shape index (κ3) is 3.99.